The quantitative estimate of drug-likeness (QED) is 0.721. The highest BCUT2D eigenvalue weighted by Gasteiger charge is 2.19. The van der Waals surface area contributed by atoms with Crippen molar-refractivity contribution in [3.8, 4) is 17.1 Å². The van der Waals surface area contributed by atoms with Gasteiger partial charge in [-0.3, -0.25) is 9.59 Å². The van der Waals surface area contributed by atoms with Crippen molar-refractivity contribution < 1.29 is 23.6 Å². The van der Waals surface area contributed by atoms with E-state index >= 15 is 0 Å². The molecule has 0 saturated heterocycles. The van der Waals surface area contributed by atoms with Crippen LogP contribution >= 0.6 is 0 Å². The first-order chi connectivity index (χ1) is 12.0. The van der Waals surface area contributed by atoms with Crippen molar-refractivity contribution in [2.75, 3.05) is 41.0 Å². The van der Waals surface area contributed by atoms with Crippen LogP contribution in [0.1, 0.15) is 10.5 Å². The third-order valence-corrected chi connectivity index (χ3v) is 3.46. The topological polar surface area (TPSA) is 93.9 Å². The number of aromatic nitrogens is 1. The molecule has 0 aliphatic rings. The molecule has 0 atom stereocenters. The summed E-state index contributed by atoms with van der Waals surface area (Å²) in [4.78, 5) is 25.3. The van der Waals surface area contributed by atoms with Crippen molar-refractivity contribution >= 4 is 11.8 Å². The van der Waals surface area contributed by atoms with Crippen LogP contribution in [0.5, 0.6) is 5.75 Å². The molecule has 2 amide bonds. The van der Waals surface area contributed by atoms with E-state index in [-0.39, 0.29) is 18.1 Å². The molecule has 0 bridgehead atoms. The lowest BCUT2D eigenvalue weighted by Gasteiger charge is -2.15. The van der Waals surface area contributed by atoms with Crippen LogP contribution in [0, 0.1) is 0 Å². The lowest BCUT2D eigenvalue weighted by Crippen LogP contribution is -2.39. The number of ether oxygens (including phenoxy) is 2. The molecular formula is C17H21N3O5. The summed E-state index contributed by atoms with van der Waals surface area (Å²) < 4.78 is 15.2. The molecule has 1 aromatic heterocycles. The van der Waals surface area contributed by atoms with Crippen LogP contribution in [0.15, 0.2) is 34.9 Å². The molecular weight excluding hydrogens is 326 g/mol. The lowest BCUT2D eigenvalue weighted by molar-refractivity contribution is -0.121. The molecule has 8 nitrogen and oxygen atoms in total. The van der Waals surface area contributed by atoms with Crippen LogP contribution in [0.4, 0.5) is 0 Å². The highest BCUT2D eigenvalue weighted by atomic mass is 16.5. The SMILES string of the molecule is COCCNC(=O)CN(C)C(=O)c1cc(-c2ccc(OC)cc2)on1. The van der Waals surface area contributed by atoms with Crippen LogP contribution in [-0.2, 0) is 9.53 Å². The van der Waals surface area contributed by atoms with Gasteiger partial charge in [0, 0.05) is 32.3 Å². The fourth-order valence-electron chi connectivity index (χ4n) is 2.10. The maximum Gasteiger partial charge on any atom is 0.276 e. The lowest BCUT2D eigenvalue weighted by atomic mass is 10.1. The Hall–Kier alpha value is -2.87. The highest BCUT2D eigenvalue weighted by molar-refractivity contribution is 5.95. The normalized spacial score (nSPS) is 10.4. The summed E-state index contributed by atoms with van der Waals surface area (Å²) in [6, 6.07) is 8.73. The molecule has 0 saturated carbocycles. The first-order valence-corrected chi connectivity index (χ1v) is 7.67. The summed E-state index contributed by atoms with van der Waals surface area (Å²) in [5.41, 5.74) is 0.908. The van der Waals surface area contributed by atoms with Gasteiger partial charge in [0.25, 0.3) is 5.91 Å². The van der Waals surface area contributed by atoms with Crippen molar-refractivity contribution in [3.05, 3.63) is 36.0 Å². The largest absolute Gasteiger partial charge is 0.497 e. The van der Waals surface area contributed by atoms with E-state index in [0.717, 1.165) is 11.3 Å². The number of nitrogens with one attached hydrogen (secondary N) is 1. The number of carbonyl (C=O) groups is 2. The van der Waals surface area contributed by atoms with Gasteiger partial charge >= 0.3 is 0 Å². The number of carbonyl (C=O) groups excluding carboxylic acids is 2. The van der Waals surface area contributed by atoms with E-state index in [0.29, 0.717) is 18.9 Å². The maximum absolute atomic E-state index is 12.3. The zero-order valence-corrected chi connectivity index (χ0v) is 14.4. The molecule has 1 aromatic carbocycles. The molecule has 1 N–H and O–H groups in total. The Morgan fingerprint density at radius 2 is 1.96 bits per heavy atom. The Morgan fingerprint density at radius 3 is 2.60 bits per heavy atom. The van der Waals surface area contributed by atoms with Crippen molar-refractivity contribution in [3.63, 3.8) is 0 Å². The van der Waals surface area contributed by atoms with Gasteiger partial charge in [0.2, 0.25) is 5.91 Å². The van der Waals surface area contributed by atoms with Crippen LogP contribution in [-0.4, -0.2) is 62.8 Å². The number of hydrogen-bond acceptors (Lipinski definition) is 6. The van der Waals surface area contributed by atoms with E-state index in [9.17, 15) is 9.59 Å². The van der Waals surface area contributed by atoms with Crippen molar-refractivity contribution in [2.45, 2.75) is 0 Å². The number of nitrogens with zero attached hydrogens (tertiary/aromatic N) is 2. The molecule has 25 heavy (non-hydrogen) atoms. The minimum atomic E-state index is -0.398. The summed E-state index contributed by atoms with van der Waals surface area (Å²) in [6.45, 7) is 0.730. The van der Waals surface area contributed by atoms with Gasteiger partial charge in [-0.25, -0.2) is 0 Å². The smallest absolute Gasteiger partial charge is 0.276 e. The van der Waals surface area contributed by atoms with Crippen molar-refractivity contribution in [1.82, 2.24) is 15.4 Å². The number of methoxy groups -OCH3 is 2. The molecule has 8 heteroatoms. The number of likely N-dealkylation sites (N-methyl/N-ethyl adjacent to an activating group) is 1. The predicted octanol–water partition coefficient (Wildman–Crippen LogP) is 1.18. The van der Waals surface area contributed by atoms with Gasteiger partial charge in [0.05, 0.1) is 20.3 Å². The first kappa shape index (κ1) is 18.5. The second kappa shape index (κ2) is 8.84. The third kappa shape index (κ3) is 5.05. The molecule has 1 heterocycles. The van der Waals surface area contributed by atoms with E-state index in [1.54, 1.807) is 44.6 Å². The van der Waals surface area contributed by atoms with Gasteiger partial charge < -0.3 is 24.2 Å². The van der Waals surface area contributed by atoms with E-state index in [4.69, 9.17) is 14.0 Å². The van der Waals surface area contributed by atoms with Crippen LogP contribution in [0.2, 0.25) is 0 Å². The summed E-state index contributed by atoms with van der Waals surface area (Å²) in [5.74, 6) is 0.514. The Balaban J connectivity index is 1.97. The molecule has 0 aliphatic carbocycles. The van der Waals surface area contributed by atoms with Crippen LogP contribution < -0.4 is 10.1 Å². The molecule has 0 aliphatic heterocycles. The van der Waals surface area contributed by atoms with Gasteiger partial charge in [-0.2, -0.15) is 0 Å². The fraction of sp³-hybridized carbons (Fsp3) is 0.353. The van der Waals surface area contributed by atoms with Gasteiger partial charge in [-0.05, 0) is 24.3 Å². The van der Waals surface area contributed by atoms with Gasteiger partial charge in [-0.1, -0.05) is 5.16 Å². The first-order valence-electron chi connectivity index (χ1n) is 7.67. The van der Waals surface area contributed by atoms with E-state index in [1.807, 2.05) is 0 Å². The molecule has 134 valence electrons. The molecule has 2 rings (SSSR count). The zero-order chi connectivity index (χ0) is 18.2. The number of benzene rings is 1. The Labute approximate surface area is 145 Å². The molecule has 0 radical (unpaired) electrons. The predicted molar refractivity (Wildman–Crippen MR) is 90.3 cm³/mol. The third-order valence-electron chi connectivity index (χ3n) is 3.46. The number of hydrogen-bond donors (Lipinski definition) is 1. The van der Waals surface area contributed by atoms with Gasteiger partial charge in [0.15, 0.2) is 11.5 Å². The number of amides is 2. The zero-order valence-electron chi connectivity index (χ0n) is 14.4. The minimum absolute atomic E-state index is 0.0761. The number of rotatable bonds is 8. The van der Waals surface area contributed by atoms with Crippen molar-refractivity contribution in [2.24, 2.45) is 0 Å². The molecule has 0 unspecified atom stereocenters. The van der Waals surface area contributed by atoms with Gasteiger partial charge in [0.1, 0.15) is 5.75 Å². The Kier molecular flexibility index (Phi) is 6.53. The summed E-state index contributed by atoms with van der Waals surface area (Å²) in [6.07, 6.45) is 0. The average Bonchev–Trinajstić information content (AvgIpc) is 3.11. The summed E-state index contributed by atoms with van der Waals surface area (Å²) >= 11 is 0. The molecule has 2 aromatic rings. The summed E-state index contributed by atoms with van der Waals surface area (Å²) in [7, 11) is 4.66. The second-order valence-electron chi connectivity index (χ2n) is 5.31. The Bertz CT molecular complexity index is 711. The van der Waals surface area contributed by atoms with E-state index in [1.165, 1.54) is 11.9 Å². The van der Waals surface area contributed by atoms with E-state index in [2.05, 4.69) is 10.5 Å². The van der Waals surface area contributed by atoms with Crippen molar-refractivity contribution in [1.29, 1.82) is 0 Å². The highest BCUT2D eigenvalue weighted by Crippen LogP contribution is 2.23. The minimum Gasteiger partial charge on any atom is -0.497 e. The second-order valence-corrected chi connectivity index (χ2v) is 5.31. The maximum atomic E-state index is 12.3. The van der Waals surface area contributed by atoms with E-state index < -0.39 is 5.91 Å². The van der Waals surface area contributed by atoms with Gasteiger partial charge in [-0.15, -0.1) is 0 Å². The monoisotopic (exact) mass is 347 g/mol. The average molecular weight is 347 g/mol. The summed E-state index contributed by atoms with van der Waals surface area (Å²) in [5, 5.41) is 6.44. The molecule has 0 fully saturated rings. The van der Waals surface area contributed by atoms with Crippen LogP contribution in [0.3, 0.4) is 0 Å². The fourth-order valence-corrected chi connectivity index (χ4v) is 2.10. The Morgan fingerprint density at radius 1 is 1.24 bits per heavy atom. The molecule has 0 spiro atoms. The van der Waals surface area contributed by atoms with Crippen LogP contribution in [0.25, 0.3) is 11.3 Å². The standard InChI is InChI=1S/C17H21N3O5/c1-20(11-16(21)18-8-9-23-2)17(22)14-10-15(25-19-14)12-4-6-13(24-3)7-5-12/h4-7,10H,8-9,11H2,1-3H3,(H,18,21).